The summed E-state index contributed by atoms with van der Waals surface area (Å²) in [6, 6.07) is 12.7. The number of nitro benzene ring substituents is 1. The van der Waals surface area contributed by atoms with Crippen LogP contribution < -0.4 is 11.1 Å². The first-order valence-electron chi connectivity index (χ1n) is 7.60. The van der Waals surface area contributed by atoms with Crippen molar-refractivity contribution in [3.05, 3.63) is 80.2 Å². The minimum Gasteiger partial charge on any atom is -0.365 e. The molecule has 0 aliphatic carbocycles. The molecule has 0 fully saturated rings. The maximum absolute atomic E-state index is 12.5. The van der Waals surface area contributed by atoms with Gasteiger partial charge in [0.25, 0.3) is 17.5 Å². The highest BCUT2D eigenvalue weighted by molar-refractivity contribution is 7.15. The third kappa shape index (κ3) is 3.81. The average Bonchev–Trinajstić information content (AvgIpc) is 3.06. The van der Waals surface area contributed by atoms with Gasteiger partial charge >= 0.3 is 0 Å². The van der Waals surface area contributed by atoms with E-state index in [2.05, 4.69) is 5.32 Å². The number of halogens is 1. The summed E-state index contributed by atoms with van der Waals surface area (Å²) in [6.45, 7) is 0. The highest BCUT2D eigenvalue weighted by Crippen LogP contribution is 2.36. The number of nitrogens with one attached hydrogen (secondary N) is 1. The van der Waals surface area contributed by atoms with Crippen molar-refractivity contribution in [3.63, 3.8) is 0 Å². The van der Waals surface area contributed by atoms with E-state index < -0.39 is 16.7 Å². The Hall–Kier alpha value is -3.23. The highest BCUT2D eigenvalue weighted by atomic mass is 35.5. The second-order valence-electron chi connectivity index (χ2n) is 5.46. The Labute approximate surface area is 162 Å². The zero-order valence-electron chi connectivity index (χ0n) is 13.6. The molecule has 3 rings (SSSR count). The number of hydrogen-bond donors (Lipinski definition) is 2. The zero-order chi connectivity index (χ0) is 19.6. The van der Waals surface area contributed by atoms with Gasteiger partial charge in [0.1, 0.15) is 5.00 Å². The van der Waals surface area contributed by atoms with E-state index in [1.807, 2.05) is 30.3 Å². The Bertz CT molecular complexity index is 1050. The van der Waals surface area contributed by atoms with Crippen LogP contribution in [0.2, 0.25) is 5.02 Å². The number of rotatable bonds is 5. The van der Waals surface area contributed by atoms with Crippen molar-refractivity contribution in [1.29, 1.82) is 0 Å². The molecule has 0 saturated carbocycles. The SMILES string of the molecule is NC(=O)c1c(-c2ccccc2)csc1NC(=O)c1ccc([N+](=O)[O-])cc1Cl. The van der Waals surface area contributed by atoms with Crippen LogP contribution in [-0.4, -0.2) is 16.7 Å². The van der Waals surface area contributed by atoms with Crippen LogP contribution in [0.4, 0.5) is 10.7 Å². The fourth-order valence-electron chi connectivity index (χ4n) is 2.50. The van der Waals surface area contributed by atoms with Crippen molar-refractivity contribution >= 4 is 45.4 Å². The number of nitro groups is 1. The normalized spacial score (nSPS) is 10.4. The second-order valence-corrected chi connectivity index (χ2v) is 6.75. The van der Waals surface area contributed by atoms with E-state index in [4.69, 9.17) is 17.3 Å². The maximum atomic E-state index is 12.5. The zero-order valence-corrected chi connectivity index (χ0v) is 15.2. The lowest BCUT2D eigenvalue weighted by molar-refractivity contribution is -0.384. The van der Waals surface area contributed by atoms with Crippen molar-refractivity contribution in [3.8, 4) is 11.1 Å². The second kappa shape index (κ2) is 7.56. The monoisotopic (exact) mass is 401 g/mol. The van der Waals surface area contributed by atoms with Gasteiger partial charge in [-0.05, 0) is 11.6 Å². The van der Waals surface area contributed by atoms with Crippen LogP contribution >= 0.6 is 22.9 Å². The van der Waals surface area contributed by atoms with Gasteiger partial charge in [-0.15, -0.1) is 11.3 Å². The van der Waals surface area contributed by atoms with E-state index in [1.54, 1.807) is 5.38 Å². The Morgan fingerprint density at radius 3 is 2.44 bits per heavy atom. The van der Waals surface area contributed by atoms with E-state index >= 15 is 0 Å². The molecule has 1 aromatic heterocycles. The number of primary amides is 1. The molecule has 0 unspecified atom stereocenters. The summed E-state index contributed by atoms with van der Waals surface area (Å²) < 4.78 is 0. The molecule has 136 valence electrons. The maximum Gasteiger partial charge on any atom is 0.270 e. The molecule has 0 aliphatic heterocycles. The number of carbonyl (C=O) groups excluding carboxylic acids is 2. The predicted molar refractivity (Wildman–Crippen MR) is 104 cm³/mol. The topological polar surface area (TPSA) is 115 Å². The molecule has 7 nitrogen and oxygen atoms in total. The third-order valence-electron chi connectivity index (χ3n) is 3.76. The Morgan fingerprint density at radius 2 is 1.85 bits per heavy atom. The van der Waals surface area contributed by atoms with Gasteiger partial charge in [0.15, 0.2) is 0 Å². The summed E-state index contributed by atoms with van der Waals surface area (Å²) in [5.74, 6) is -1.28. The number of non-ortho nitro benzene ring substituents is 1. The molecule has 0 radical (unpaired) electrons. The van der Waals surface area contributed by atoms with Crippen LogP contribution in [0, 0.1) is 10.1 Å². The molecule has 2 aromatic carbocycles. The van der Waals surface area contributed by atoms with E-state index in [0.29, 0.717) is 5.56 Å². The summed E-state index contributed by atoms with van der Waals surface area (Å²) >= 11 is 7.14. The summed E-state index contributed by atoms with van der Waals surface area (Å²) in [6.07, 6.45) is 0. The summed E-state index contributed by atoms with van der Waals surface area (Å²) in [5.41, 5.74) is 6.92. The molecule has 0 atom stereocenters. The molecule has 0 aliphatic rings. The van der Waals surface area contributed by atoms with E-state index in [1.165, 1.54) is 12.1 Å². The van der Waals surface area contributed by atoms with E-state index in [-0.39, 0.29) is 26.8 Å². The Morgan fingerprint density at radius 1 is 1.15 bits per heavy atom. The van der Waals surface area contributed by atoms with Gasteiger partial charge in [-0.3, -0.25) is 19.7 Å². The first kappa shape index (κ1) is 18.6. The lowest BCUT2D eigenvalue weighted by atomic mass is 10.0. The van der Waals surface area contributed by atoms with Gasteiger partial charge in [-0.25, -0.2) is 0 Å². The van der Waals surface area contributed by atoms with Crippen LogP contribution in [-0.2, 0) is 0 Å². The van der Waals surface area contributed by atoms with Crippen molar-refractivity contribution in [1.82, 2.24) is 0 Å². The molecule has 9 heteroatoms. The average molecular weight is 402 g/mol. The fourth-order valence-corrected chi connectivity index (χ4v) is 3.73. The van der Waals surface area contributed by atoms with Crippen LogP contribution in [0.15, 0.2) is 53.9 Å². The third-order valence-corrected chi connectivity index (χ3v) is 4.97. The first-order chi connectivity index (χ1) is 12.9. The first-order valence-corrected chi connectivity index (χ1v) is 8.86. The van der Waals surface area contributed by atoms with Crippen LogP contribution in [0.25, 0.3) is 11.1 Å². The molecule has 0 bridgehead atoms. The minimum atomic E-state index is -0.680. The van der Waals surface area contributed by atoms with Crippen LogP contribution in [0.1, 0.15) is 20.7 Å². The Kier molecular flexibility index (Phi) is 5.20. The number of carbonyl (C=O) groups is 2. The van der Waals surface area contributed by atoms with Crippen molar-refractivity contribution in [2.45, 2.75) is 0 Å². The van der Waals surface area contributed by atoms with Gasteiger partial charge in [0, 0.05) is 23.1 Å². The molecule has 3 N–H and O–H groups in total. The molecule has 27 heavy (non-hydrogen) atoms. The number of nitrogens with two attached hydrogens (primary N) is 1. The number of hydrogen-bond acceptors (Lipinski definition) is 5. The van der Waals surface area contributed by atoms with Crippen LogP contribution in [0.3, 0.4) is 0 Å². The van der Waals surface area contributed by atoms with Crippen molar-refractivity contribution < 1.29 is 14.5 Å². The quantitative estimate of drug-likeness (QED) is 0.489. The summed E-state index contributed by atoms with van der Waals surface area (Å²) in [7, 11) is 0. The smallest absolute Gasteiger partial charge is 0.270 e. The predicted octanol–water partition coefficient (Wildman–Crippen LogP) is 4.33. The van der Waals surface area contributed by atoms with Gasteiger partial charge in [0.05, 0.1) is 21.1 Å². The number of nitrogens with zero attached hydrogens (tertiary/aromatic N) is 1. The minimum absolute atomic E-state index is 0.0485. The van der Waals surface area contributed by atoms with Gasteiger partial charge in [-0.1, -0.05) is 41.9 Å². The number of anilines is 1. The molecular weight excluding hydrogens is 390 g/mol. The van der Waals surface area contributed by atoms with E-state index in [9.17, 15) is 19.7 Å². The molecule has 0 saturated heterocycles. The van der Waals surface area contributed by atoms with Crippen molar-refractivity contribution in [2.24, 2.45) is 5.73 Å². The molecule has 0 spiro atoms. The molecule has 1 heterocycles. The largest absolute Gasteiger partial charge is 0.365 e. The Balaban J connectivity index is 1.94. The standard InChI is InChI=1S/C18H12ClN3O4S/c19-14-8-11(22(25)26)6-7-12(14)17(24)21-18-15(16(20)23)13(9-27-18)10-4-2-1-3-5-10/h1-9H,(H2,20,23)(H,21,24). The molecule has 3 aromatic rings. The lowest BCUT2D eigenvalue weighted by Gasteiger charge is -2.08. The fraction of sp³-hybridized carbons (Fsp3) is 0. The van der Waals surface area contributed by atoms with Gasteiger partial charge < -0.3 is 11.1 Å². The summed E-state index contributed by atoms with van der Waals surface area (Å²) in [5, 5.41) is 15.3. The molecular formula is C18H12ClN3O4S. The lowest BCUT2D eigenvalue weighted by Crippen LogP contribution is -2.17. The van der Waals surface area contributed by atoms with E-state index in [0.717, 1.165) is 23.0 Å². The number of amides is 2. The van der Waals surface area contributed by atoms with Crippen molar-refractivity contribution in [2.75, 3.05) is 5.32 Å². The van der Waals surface area contributed by atoms with Gasteiger partial charge in [0.2, 0.25) is 0 Å². The van der Waals surface area contributed by atoms with Gasteiger partial charge in [-0.2, -0.15) is 0 Å². The summed E-state index contributed by atoms with van der Waals surface area (Å²) in [4.78, 5) is 34.7. The number of thiophene rings is 1. The molecule has 2 amide bonds. The van der Waals surface area contributed by atoms with Crippen LogP contribution in [0.5, 0.6) is 0 Å². The number of benzene rings is 2. The highest BCUT2D eigenvalue weighted by Gasteiger charge is 2.21.